The molecule has 144 valence electrons. The molecule has 0 amide bonds. The summed E-state index contributed by atoms with van der Waals surface area (Å²) in [6.07, 6.45) is 2.63. The van der Waals surface area contributed by atoms with Gasteiger partial charge in [0, 0.05) is 39.8 Å². The van der Waals surface area contributed by atoms with E-state index in [0.717, 1.165) is 58.2 Å². The molecular weight excluding hydrogens is 328 g/mol. The van der Waals surface area contributed by atoms with E-state index in [0.29, 0.717) is 0 Å². The van der Waals surface area contributed by atoms with E-state index in [2.05, 4.69) is 58.5 Å². The predicted octanol–water partition coefficient (Wildman–Crippen LogP) is 1.70. The highest BCUT2D eigenvalue weighted by Crippen LogP contribution is 2.21. The van der Waals surface area contributed by atoms with E-state index >= 15 is 0 Å². The molecule has 0 aliphatic carbocycles. The Bertz CT molecular complexity index is 582. The van der Waals surface area contributed by atoms with Gasteiger partial charge in [0.15, 0.2) is 5.96 Å². The minimum Gasteiger partial charge on any atom is -0.375 e. The number of rotatable bonds is 5. The van der Waals surface area contributed by atoms with Crippen LogP contribution in [-0.4, -0.2) is 75.4 Å². The largest absolute Gasteiger partial charge is 0.375 e. The van der Waals surface area contributed by atoms with Gasteiger partial charge in [-0.2, -0.15) is 0 Å². The van der Waals surface area contributed by atoms with Crippen LogP contribution in [0.2, 0.25) is 0 Å². The zero-order chi connectivity index (χ0) is 18.4. The second-order valence-corrected chi connectivity index (χ2v) is 7.36. The van der Waals surface area contributed by atoms with Gasteiger partial charge in [-0.15, -0.1) is 0 Å². The van der Waals surface area contributed by atoms with Crippen LogP contribution in [0, 0.1) is 0 Å². The van der Waals surface area contributed by atoms with E-state index < -0.39 is 0 Å². The fraction of sp³-hybridized carbons (Fsp3) is 0.650. The molecule has 0 spiro atoms. The van der Waals surface area contributed by atoms with Gasteiger partial charge in [-0.1, -0.05) is 24.3 Å². The van der Waals surface area contributed by atoms with Crippen LogP contribution in [0.4, 0.5) is 0 Å². The van der Waals surface area contributed by atoms with Gasteiger partial charge in [-0.3, -0.25) is 4.99 Å². The maximum absolute atomic E-state index is 5.94. The third kappa shape index (κ3) is 5.19. The summed E-state index contributed by atoms with van der Waals surface area (Å²) in [7, 11) is 6.02. The van der Waals surface area contributed by atoms with Crippen molar-refractivity contribution in [3.8, 4) is 0 Å². The molecule has 0 saturated carbocycles. The molecule has 1 aromatic rings. The van der Waals surface area contributed by atoms with Gasteiger partial charge in [-0.05, 0) is 38.1 Å². The average molecular weight is 361 g/mol. The number of nitrogens with one attached hydrogen (secondary N) is 1. The SMILES string of the molecule is CN=C(NCc1ccc(CN(C)C)cc1)N1CCOC(C2CCCO2)C1. The molecule has 2 unspecified atom stereocenters. The van der Waals surface area contributed by atoms with Crippen molar-refractivity contribution in [1.29, 1.82) is 0 Å². The maximum Gasteiger partial charge on any atom is 0.194 e. The van der Waals surface area contributed by atoms with Gasteiger partial charge in [0.25, 0.3) is 0 Å². The Morgan fingerprint density at radius 1 is 1.15 bits per heavy atom. The highest BCUT2D eigenvalue weighted by Gasteiger charge is 2.32. The molecule has 1 N–H and O–H groups in total. The third-order valence-electron chi connectivity index (χ3n) is 4.96. The Kier molecular flexibility index (Phi) is 6.88. The quantitative estimate of drug-likeness (QED) is 0.640. The molecule has 0 radical (unpaired) electrons. The smallest absolute Gasteiger partial charge is 0.194 e. The Morgan fingerprint density at radius 3 is 2.54 bits per heavy atom. The summed E-state index contributed by atoms with van der Waals surface area (Å²) < 4.78 is 11.7. The normalized spacial score (nSPS) is 24.3. The molecule has 2 aliphatic rings. The van der Waals surface area contributed by atoms with Crippen molar-refractivity contribution in [2.45, 2.75) is 38.1 Å². The fourth-order valence-electron chi connectivity index (χ4n) is 3.63. The van der Waals surface area contributed by atoms with Crippen molar-refractivity contribution in [3.05, 3.63) is 35.4 Å². The molecule has 2 heterocycles. The predicted molar refractivity (Wildman–Crippen MR) is 104 cm³/mol. The van der Waals surface area contributed by atoms with E-state index in [-0.39, 0.29) is 12.2 Å². The summed E-state index contributed by atoms with van der Waals surface area (Å²) >= 11 is 0. The van der Waals surface area contributed by atoms with Crippen molar-refractivity contribution >= 4 is 5.96 Å². The molecule has 2 fully saturated rings. The molecule has 0 aromatic heterocycles. The first-order chi connectivity index (χ1) is 12.7. The van der Waals surface area contributed by atoms with E-state index in [9.17, 15) is 0 Å². The minimum absolute atomic E-state index is 0.148. The Morgan fingerprint density at radius 2 is 1.88 bits per heavy atom. The number of morpholine rings is 1. The number of hydrogen-bond donors (Lipinski definition) is 1. The van der Waals surface area contributed by atoms with Crippen LogP contribution >= 0.6 is 0 Å². The van der Waals surface area contributed by atoms with Crippen LogP contribution in [0.5, 0.6) is 0 Å². The zero-order valence-corrected chi connectivity index (χ0v) is 16.3. The standard InChI is InChI=1S/C20H32N4O2/c1-21-20(22-13-16-6-8-17(9-7-16)14-23(2)3)24-10-12-26-19(15-24)18-5-4-11-25-18/h6-9,18-19H,4-5,10-15H2,1-3H3,(H,21,22). The third-order valence-corrected chi connectivity index (χ3v) is 4.96. The van der Waals surface area contributed by atoms with Crippen LogP contribution in [0.3, 0.4) is 0 Å². The Hall–Kier alpha value is -1.63. The molecule has 0 bridgehead atoms. The lowest BCUT2D eigenvalue weighted by Crippen LogP contribution is -2.53. The molecule has 1 aromatic carbocycles. The monoisotopic (exact) mass is 360 g/mol. The molecule has 6 nitrogen and oxygen atoms in total. The summed E-state index contributed by atoms with van der Waals surface area (Å²) in [6.45, 7) is 5.03. The number of benzene rings is 1. The number of aliphatic imine (C=N–C) groups is 1. The van der Waals surface area contributed by atoms with Gasteiger partial charge in [0.2, 0.25) is 0 Å². The molecule has 6 heteroatoms. The van der Waals surface area contributed by atoms with Gasteiger partial charge < -0.3 is 24.6 Å². The van der Waals surface area contributed by atoms with Gasteiger partial charge in [0.05, 0.1) is 12.7 Å². The van der Waals surface area contributed by atoms with E-state index in [1.54, 1.807) is 0 Å². The highest BCUT2D eigenvalue weighted by atomic mass is 16.5. The number of guanidine groups is 1. The van der Waals surface area contributed by atoms with Crippen molar-refractivity contribution in [2.75, 3.05) is 47.4 Å². The van der Waals surface area contributed by atoms with Crippen LogP contribution < -0.4 is 5.32 Å². The lowest BCUT2D eigenvalue weighted by molar-refractivity contribution is -0.0817. The van der Waals surface area contributed by atoms with Crippen LogP contribution in [-0.2, 0) is 22.6 Å². The van der Waals surface area contributed by atoms with Gasteiger partial charge in [-0.25, -0.2) is 0 Å². The van der Waals surface area contributed by atoms with Gasteiger partial charge >= 0.3 is 0 Å². The van der Waals surface area contributed by atoms with E-state index in [4.69, 9.17) is 9.47 Å². The first-order valence-corrected chi connectivity index (χ1v) is 9.57. The Balaban J connectivity index is 1.52. The molecular formula is C20H32N4O2. The van der Waals surface area contributed by atoms with E-state index in [1.165, 1.54) is 11.1 Å². The lowest BCUT2D eigenvalue weighted by Gasteiger charge is -2.37. The van der Waals surface area contributed by atoms with Crippen LogP contribution in [0.1, 0.15) is 24.0 Å². The first-order valence-electron chi connectivity index (χ1n) is 9.57. The summed E-state index contributed by atoms with van der Waals surface area (Å²) in [5.41, 5.74) is 2.59. The number of nitrogens with zero attached hydrogens (tertiary/aromatic N) is 3. The highest BCUT2D eigenvalue weighted by molar-refractivity contribution is 5.80. The summed E-state index contributed by atoms with van der Waals surface area (Å²) in [5, 5.41) is 3.50. The van der Waals surface area contributed by atoms with Gasteiger partial charge in [0.1, 0.15) is 6.10 Å². The lowest BCUT2D eigenvalue weighted by atomic mass is 10.1. The van der Waals surface area contributed by atoms with E-state index in [1.807, 2.05) is 7.05 Å². The molecule has 2 atom stereocenters. The number of ether oxygens (including phenoxy) is 2. The van der Waals surface area contributed by atoms with Crippen LogP contribution in [0.15, 0.2) is 29.3 Å². The van der Waals surface area contributed by atoms with Crippen molar-refractivity contribution in [3.63, 3.8) is 0 Å². The molecule has 2 aliphatic heterocycles. The number of hydrogen-bond acceptors (Lipinski definition) is 4. The van der Waals surface area contributed by atoms with Crippen molar-refractivity contribution in [1.82, 2.24) is 15.1 Å². The second kappa shape index (κ2) is 9.35. The summed E-state index contributed by atoms with van der Waals surface area (Å²) in [4.78, 5) is 8.94. The topological polar surface area (TPSA) is 49.3 Å². The van der Waals surface area contributed by atoms with Crippen LogP contribution in [0.25, 0.3) is 0 Å². The second-order valence-electron chi connectivity index (χ2n) is 7.36. The molecule has 2 saturated heterocycles. The summed E-state index contributed by atoms with van der Waals surface area (Å²) in [5.74, 6) is 0.939. The zero-order valence-electron chi connectivity index (χ0n) is 16.3. The first kappa shape index (κ1) is 19.1. The van der Waals surface area contributed by atoms with Crippen molar-refractivity contribution in [2.24, 2.45) is 4.99 Å². The maximum atomic E-state index is 5.94. The van der Waals surface area contributed by atoms with Crippen molar-refractivity contribution < 1.29 is 9.47 Å². The molecule has 3 rings (SSSR count). The fourth-order valence-corrected chi connectivity index (χ4v) is 3.63. The minimum atomic E-state index is 0.148. The summed E-state index contributed by atoms with van der Waals surface area (Å²) in [6, 6.07) is 8.77. The average Bonchev–Trinajstić information content (AvgIpc) is 3.18. The molecule has 26 heavy (non-hydrogen) atoms. The Labute approximate surface area is 157 Å².